The van der Waals surface area contributed by atoms with Crippen molar-refractivity contribution in [3.05, 3.63) is 72.2 Å². The lowest BCUT2D eigenvalue weighted by Crippen LogP contribution is -2.26. The van der Waals surface area contributed by atoms with Gasteiger partial charge in [-0.1, -0.05) is 36.9 Å². The maximum atomic E-state index is 13.2. The Balaban J connectivity index is 1.82. The van der Waals surface area contributed by atoms with Gasteiger partial charge in [0.05, 0.1) is 5.70 Å². The Morgan fingerprint density at radius 3 is 2.59 bits per heavy atom. The maximum Gasteiger partial charge on any atom is 0.271 e. The first kappa shape index (κ1) is 15.6. The minimum Gasteiger partial charge on any atom is -0.505 e. The first-order valence-corrected chi connectivity index (χ1v) is 6.83. The van der Waals surface area contributed by atoms with Crippen molar-refractivity contribution in [2.24, 2.45) is 0 Å². The van der Waals surface area contributed by atoms with Gasteiger partial charge in [-0.3, -0.25) is 4.79 Å². The van der Waals surface area contributed by atoms with Crippen molar-refractivity contribution in [2.75, 3.05) is 11.9 Å². The smallest absolute Gasteiger partial charge is 0.271 e. The number of phenolic OH excluding ortho intramolecular Hbond substituents is 1. The Morgan fingerprint density at radius 2 is 1.91 bits per heavy atom. The highest BCUT2D eigenvalue weighted by Gasteiger charge is 2.08. The molecule has 1 amide bonds. The average Bonchev–Trinajstić information content (AvgIpc) is 2.52. The van der Waals surface area contributed by atoms with Crippen molar-refractivity contribution in [1.29, 1.82) is 0 Å². The zero-order valence-electron chi connectivity index (χ0n) is 12.0. The van der Waals surface area contributed by atoms with Gasteiger partial charge in [0.25, 0.3) is 5.91 Å². The number of benzene rings is 2. The van der Waals surface area contributed by atoms with E-state index in [9.17, 15) is 9.18 Å². The fourth-order valence-corrected chi connectivity index (χ4v) is 1.87. The van der Waals surface area contributed by atoms with Crippen LogP contribution in [0, 0.1) is 5.82 Å². The van der Waals surface area contributed by atoms with Crippen molar-refractivity contribution in [3.8, 4) is 5.75 Å². The minimum absolute atomic E-state index is 0.199. The molecule has 0 atom stereocenters. The van der Waals surface area contributed by atoms with Crippen molar-refractivity contribution in [1.82, 2.24) is 5.32 Å². The van der Waals surface area contributed by atoms with Gasteiger partial charge in [0.15, 0.2) is 11.6 Å². The second-order valence-corrected chi connectivity index (χ2v) is 4.76. The molecule has 0 bridgehead atoms. The molecule has 0 saturated heterocycles. The SMILES string of the molecule is C=C(NCCc1ccccc1)C(=O)Nc1ccc(O)c(F)c1. The van der Waals surface area contributed by atoms with Crippen molar-refractivity contribution in [2.45, 2.75) is 6.42 Å². The predicted octanol–water partition coefficient (Wildman–Crippen LogP) is 2.82. The quantitative estimate of drug-likeness (QED) is 0.568. The molecule has 0 radical (unpaired) electrons. The summed E-state index contributed by atoms with van der Waals surface area (Å²) in [7, 11) is 0. The Bertz CT molecular complexity index is 672. The lowest BCUT2D eigenvalue weighted by Gasteiger charge is -2.10. The van der Waals surface area contributed by atoms with Gasteiger partial charge in [0.1, 0.15) is 0 Å². The third-order valence-corrected chi connectivity index (χ3v) is 3.07. The summed E-state index contributed by atoms with van der Waals surface area (Å²) < 4.78 is 13.2. The number of hydrogen-bond acceptors (Lipinski definition) is 3. The van der Waals surface area contributed by atoms with Crippen molar-refractivity contribution >= 4 is 11.6 Å². The average molecular weight is 300 g/mol. The third kappa shape index (κ3) is 4.34. The number of phenols is 1. The van der Waals surface area contributed by atoms with Gasteiger partial charge >= 0.3 is 0 Å². The lowest BCUT2D eigenvalue weighted by atomic mass is 10.1. The molecule has 0 aromatic heterocycles. The predicted molar refractivity (Wildman–Crippen MR) is 84.0 cm³/mol. The van der Waals surface area contributed by atoms with E-state index in [0.717, 1.165) is 18.1 Å². The summed E-state index contributed by atoms with van der Waals surface area (Å²) >= 11 is 0. The molecule has 2 rings (SSSR count). The molecule has 114 valence electrons. The number of halogens is 1. The van der Waals surface area contributed by atoms with Crippen LogP contribution in [-0.2, 0) is 11.2 Å². The molecule has 0 fully saturated rings. The first-order valence-electron chi connectivity index (χ1n) is 6.83. The van der Waals surface area contributed by atoms with Crippen LogP contribution in [0.25, 0.3) is 0 Å². The van der Waals surface area contributed by atoms with E-state index in [4.69, 9.17) is 5.11 Å². The molecule has 0 spiro atoms. The van der Waals surface area contributed by atoms with Gasteiger partial charge in [-0.2, -0.15) is 0 Å². The molecule has 4 nitrogen and oxygen atoms in total. The number of amides is 1. The summed E-state index contributed by atoms with van der Waals surface area (Å²) in [6.45, 7) is 4.23. The Morgan fingerprint density at radius 1 is 1.18 bits per heavy atom. The third-order valence-electron chi connectivity index (χ3n) is 3.07. The van der Waals surface area contributed by atoms with Crippen LogP contribution in [0.4, 0.5) is 10.1 Å². The number of carbonyl (C=O) groups is 1. The Kier molecular flexibility index (Phi) is 5.14. The second kappa shape index (κ2) is 7.26. The summed E-state index contributed by atoms with van der Waals surface area (Å²) in [4.78, 5) is 11.9. The number of nitrogens with one attached hydrogen (secondary N) is 2. The summed E-state index contributed by atoms with van der Waals surface area (Å²) in [5.74, 6) is -1.70. The molecule has 22 heavy (non-hydrogen) atoms. The van der Waals surface area contributed by atoms with Crippen LogP contribution in [0.15, 0.2) is 60.8 Å². The molecule has 0 aliphatic heterocycles. The molecule has 5 heteroatoms. The summed E-state index contributed by atoms with van der Waals surface area (Å²) in [6, 6.07) is 13.5. The number of aromatic hydroxyl groups is 1. The van der Waals surface area contributed by atoms with Crippen LogP contribution in [-0.4, -0.2) is 17.6 Å². The van der Waals surface area contributed by atoms with Crippen LogP contribution >= 0.6 is 0 Å². The molecule has 0 aliphatic rings. The Hall–Kier alpha value is -2.82. The molecule has 3 N–H and O–H groups in total. The molecule has 2 aromatic rings. The van der Waals surface area contributed by atoms with E-state index in [0.29, 0.717) is 6.54 Å². The monoisotopic (exact) mass is 300 g/mol. The highest BCUT2D eigenvalue weighted by Crippen LogP contribution is 2.19. The van der Waals surface area contributed by atoms with E-state index in [-0.39, 0.29) is 11.4 Å². The molecular formula is C17H17FN2O2. The number of rotatable bonds is 6. The van der Waals surface area contributed by atoms with Gasteiger partial charge < -0.3 is 15.7 Å². The van der Waals surface area contributed by atoms with Gasteiger partial charge in [0, 0.05) is 18.3 Å². The van der Waals surface area contributed by atoms with Crippen LogP contribution in [0.2, 0.25) is 0 Å². The zero-order valence-corrected chi connectivity index (χ0v) is 12.0. The number of anilines is 1. The van der Waals surface area contributed by atoms with Gasteiger partial charge in [-0.05, 0) is 24.1 Å². The molecule has 0 heterocycles. The fourth-order valence-electron chi connectivity index (χ4n) is 1.87. The highest BCUT2D eigenvalue weighted by atomic mass is 19.1. The Labute approximate surface area is 128 Å². The molecular weight excluding hydrogens is 283 g/mol. The maximum absolute atomic E-state index is 13.2. The van der Waals surface area contributed by atoms with Crippen molar-refractivity contribution < 1.29 is 14.3 Å². The summed E-state index contributed by atoms with van der Waals surface area (Å²) in [5.41, 5.74) is 1.61. The van der Waals surface area contributed by atoms with E-state index in [1.165, 1.54) is 12.1 Å². The molecule has 0 aliphatic carbocycles. The highest BCUT2D eigenvalue weighted by molar-refractivity contribution is 6.02. The first-order chi connectivity index (χ1) is 10.6. The standard InChI is InChI=1S/C17H17FN2O2/c1-12(19-10-9-13-5-3-2-4-6-13)17(22)20-14-7-8-16(21)15(18)11-14/h2-8,11,19,21H,1,9-10H2,(H,20,22). The van der Waals surface area contributed by atoms with E-state index in [1.807, 2.05) is 30.3 Å². The summed E-state index contributed by atoms with van der Waals surface area (Å²) in [6.07, 6.45) is 0.765. The van der Waals surface area contributed by atoms with Crippen LogP contribution < -0.4 is 10.6 Å². The van der Waals surface area contributed by atoms with Gasteiger partial charge in [0.2, 0.25) is 0 Å². The van der Waals surface area contributed by atoms with E-state index < -0.39 is 17.5 Å². The minimum atomic E-state index is -0.791. The topological polar surface area (TPSA) is 61.4 Å². The second-order valence-electron chi connectivity index (χ2n) is 4.76. The van der Waals surface area contributed by atoms with Crippen LogP contribution in [0.3, 0.4) is 0 Å². The molecule has 0 saturated carbocycles. The zero-order chi connectivity index (χ0) is 15.9. The normalized spacial score (nSPS) is 10.0. The summed E-state index contributed by atoms with van der Waals surface area (Å²) in [5, 5.41) is 14.5. The fraction of sp³-hybridized carbons (Fsp3) is 0.118. The van der Waals surface area contributed by atoms with Crippen LogP contribution in [0.5, 0.6) is 5.75 Å². The van der Waals surface area contributed by atoms with E-state index in [2.05, 4.69) is 17.2 Å². The van der Waals surface area contributed by atoms with E-state index >= 15 is 0 Å². The van der Waals surface area contributed by atoms with Gasteiger partial charge in [-0.25, -0.2) is 4.39 Å². The van der Waals surface area contributed by atoms with Crippen molar-refractivity contribution in [3.63, 3.8) is 0 Å². The van der Waals surface area contributed by atoms with Crippen LogP contribution in [0.1, 0.15) is 5.56 Å². The largest absolute Gasteiger partial charge is 0.505 e. The number of hydrogen-bond donors (Lipinski definition) is 3. The van der Waals surface area contributed by atoms with Gasteiger partial charge in [-0.15, -0.1) is 0 Å². The van der Waals surface area contributed by atoms with E-state index in [1.54, 1.807) is 0 Å². The number of carbonyl (C=O) groups excluding carboxylic acids is 1. The molecule has 0 unspecified atom stereocenters. The molecule has 2 aromatic carbocycles. The lowest BCUT2D eigenvalue weighted by molar-refractivity contribution is -0.113.